The van der Waals surface area contributed by atoms with Gasteiger partial charge in [0.2, 0.25) is 0 Å². The topological polar surface area (TPSA) is 38.5 Å². The highest BCUT2D eigenvalue weighted by molar-refractivity contribution is 6.30. The molecule has 0 amide bonds. The molecule has 1 saturated carbocycles. The summed E-state index contributed by atoms with van der Waals surface area (Å²) in [4.78, 5) is 2.38. The van der Waals surface area contributed by atoms with E-state index in [1.807, 2.05) is 18.2 Å². The molecule has 0 radical (unpaired) electrons. The van der Waals surface area contributed by atoms with E-state index < -0.39 is 0 Å². The van der Waals surface area contributed by atoms with E-state index in [-0.39, 0.29) is 5.54 Å². The summed E-state index contributed by atoms with van der Waals surface area (Å²) in [7, 11) is 3.96. The zero-order chi connectivity index (χ0) is 14.6. The zero-order valence-electron chi connectivity index (χ0n) is 12.4. The number of hydrogen-bond donors (Lipinski definition) is 1. The fraction of sp³-hybridized carbons (Fsp3) is 0.625. The molecule has 1 aromatic rings. The second kappa shape index (κ2) is 6.90. The molecule has 3 nitrogen and oxygen atoms in total. The van der Waals surface area contributed by atoms with Crippen LogP contribution in [0.2, 0.25) is 5.02 Å². The first-order valence-corrected chi connectivity index (χ1v) is 7.66. The van der Waals surface area contributed by atoms with Gasteiger partial charge in [-0.25, -0.2) is 0 Å². The number of nitrogens with zero attached hydrogens (tertiary/aromatic N) is 1. The van der Waals surface area contributed by atoms with E-state index in [1.54, 1.807) is 7.11 Å². The van der Waals surface area contributed by atoms with Gasteiger partial charge < -0.3 is 10.5 Å². The number of rotatable bonds is 5. The molecule has 0 aromatic heterocycles. The SMILES string of the molecule is COC1CCCC(CN)(N(C)Cc2cccc(Cl)c2)C1. The Labute approximate surface area is 127 Å². The van der Waals surface area contributed by atoms with E-state index in [4.69, 9.17) is 22.1 Å². The molecule has 2 rings (SSSR count). The fourth-order valence-corrected chi connectivity index (χ4v) is 3.47. The van der Waals surface area contributed by atoms with Crippen LogP contribution in [0.1, 0.15) is 31.2 Å². The summed E-state index contributed by atoms with van der Waals surface area (Å²) in [6, 6.07) is 8.05. The van der Waals surface area contributed by atoms with E-state index in [0.717, 1.165) is 30.8 Å². The number of benzene rings is 1. The van der Waals surface area contributed by atoms with Gasteiger partial charge >= 0.3 is 0 Å². The Kier molecular flexibility index (Phi) is 5.44. The van der Waals surface area contributed by atoms with Crippen molar-refractivity contribution < 1.29 is 4.74 Å². The lowest BCUT2D eigenvalue weighted by atomic mass is 9.78. The quantitative estimate of drug-likeness (QED) is 0.907. The standard InChI is InChI=1S/C16H25ClN2O/c1-19(11-13-5-3-6-14(17)9-13)16(12-18)8-4-7-15(10-16)20-2/h3,5-6,9,15H,4,7-8,10-12,18H2,1-2H3. The van der Waals surface area contributed by atoms with Gasteiger partial charge in [-0.2, -0.15) is 0 Å². The van der Waals surface area contributed by atoms with E-state index in [2.05, 4.69) is 18.0 Å². The molecule has 1 aromatic carbocycles. The van der Waals surface area contributed by atoms with Crippen LogP contribution < -0.4 is 5.73 Å². The summed E-state index contributed by atoms with van der Waals surface area (Å²) >= 11 is 6.07. The number of nitrogens with two attached hydrogens (primary N) is 1. The van der Waals surface area contributed by atoms with Gasteiger partial charge in [0.25, 0.3) is 0 Å². The van der Waals surface area contributed by atoms with Crippen LogP contribution in [0, 0.1) is 0 Å². The van der Waals surface area contributed by atoms with Gasteiger partial charge in [-0.05, 0) is 50.4 Å². The summed E-state index contributed by atoms with van der Waals surface area (Å²) in [5, 5.41) is 0.788. The van der Waals surface area contributed by atoms with Crippen molar-refractivity contribution in [2.24, 2.45) is 5.73 Å². The summed E-state index contributed by atoms with van der Waals surface area (Å²) in [6.07, 6.45) is 4.80. The van der Waals surface area contributed by atoms with E-state index in [0.29, 0.717) is 12.6 Å². The molecule has 0 aliphatic heterocycles. The lowest BCUT2D eigenvalue weighted by molar-refractivity contribution is -0.0149. The van der Waals surface area contributed by atoms with Crippen molar-refractivity contribution in [2.75, 3.05) is 20.7 Å². The Morgan fingerprint density at radius 1 is 1.50 bits per heavy atom. The van der Waals surface area contributed by atoms with Gasteiger partial charge in [0.15, 0.2) is 0 Å². The summed E-state index contributed by atoms with van der Waals surface area (Å²) in [5.74, 6) is 0. The summed E-state index contributed by atoms with van der Waals surface area (Å²) < 4.78 is 5.56. The van der Waals surface area contributed by atoms with E-state index in [1.165, 1.54) is 12.0 Å². The minimum atomic E-state index is 0.0429. The van der Waals surface area contributed by atoms with Gasteiger partial charge in [-0.1, -0.05) is 23.7 Å². The van der Waals surface area contributed by atoms with Crippen LogP contribution in [-0.4, -0.2) is 37.2 Å². The van der Waals surface area contributed by atoms with Gasteiger partial charge in [0.05, 0.1) is 6.10 Å². The maximum Gasteiger partial charge on any atom is 0.0589 e. The van der Waals surface area contributed by atoms with Gasteiger partial charge in [-0.15, -0.1) is 0 Å². The first-order valence-electron chi connectivity index (χ1n) is 7.28. The van der Waals surface area contributed by atoms with Crippen LogP contribution in [0.25, 0.3) is 0 Å². The molecule has 0 bridgehead atoms. The smallest absolute Gasteiger partial charge is 0.0589 e. The van der Waals surface area contributed by atoms with Crippen molar-refractivity contribution in [3.63, 3.8) is 0 Å². The molecular weight excluding hydrogens is 272 g/mol. The zero-order valence-corrected chi connectivity index (χ0v) is 13.2. The molecule has 20 heavy (non-hydrogen) atoms. The maximum absolute atomic E-state index is 6.12. The average molecular weight is 297 g/mol. The highest BCUT2D eigenvalue weighted by Crippen LogP contribution is 2.34. The molecule has 1 aliphatic rings. The Hall–Kier alpha value is -0.610. The molecule has 0 heterocycles. The Balaban J connectivity index is 2.10. The first-order chi connectivity index (χ1) is 9.59. The highest BCUT2D eigenvalue weighted by atomic mass is 35.5. The fourth-order valence-electron chi connectivity index (χ4n) is 3.25. The Morgan fingerprint density at radius 2 is 2.30 bits per heavy atom. The Bertz CT molecular complexity index is 440. The van der Waals surface area contributed by atoms with Crippen molar-refractivity contribution in [1.29, 1.82) is 0 Å². The van der Waals surface area contributed by atoms with Gasteiger partial charge in [-0.3, -0.25) is 4.90 Å². The molecule has 1 aliphatic carbocycles. The average Bonchev–Trinajstić information content (AvgIpc) is 2.47. The van der Waals surface area contributed by atoms with Crippen LogP contribution in [-0.2, 0) is 11.3 Å². The van der Waals surface area contributed by atoms with Gasteiger partial charge in [0.1, 0.15) is 0 Å². The largest absolute Gasteiger partial charge is 0.381 e. The van der Waals surface area contributed by atoms with Crippen LogP contribution >= 0.6 is 11.6 Å². The van der Waals surface area contributed by atoms with Crippen molar-refractivity contribution in [2.45, 2.75) is 43.9 Å². The lowest BCUT2D eigenvalue weighted by Crippen LogP contribution is -2.55. The second-order valence-electron chi connectivity index (χ2n) is 5.87. The van der Waals surface area contributed by atoms with Crippen molar-refractivity contribution >= 4 is 11.6 Å². The molecule has 4 heteroatoms. The number of halogens is 1. The van der Waals surface area contributed by atoms with Crippen molar-refractivity contribution in [3.05, 3.63) is 34.9 Å². The lowest BCUT2D eigenvalue weighted by Gasteiger charge is -2.46. The molecule has 0 spiro atoms. The van der Waals surface area contributed by atoms with Crippen LogP contribution in [0.3, 0.4) is 0 Å². The predicted molar refractivity (Wildman–Crippen MR) is 84.0 cm³/mol. The molecular formula is C16H25ClN2O. The van der Waals surface area contributed by atoms with Gasteiger partial charge in [0, 0.05) is 30.8 Å². The minimum absolute atomic E-state index is 0.0429. The number of methoxy groups -OCH3 is 1. The minimum Gasteiger partial charge on any atom is -0.381 e. The van der Waals surface area contributed by atoms with E-state index >= 15 is 0 Å². The normalized spacial score (nSPS) is 26.9. The molecule has 0 saturated heterocycles. The third kappa shape index (κ3) is 3.53. The predicted octanol–water partition coefficient (Wildman–Crippen LogP) is 3.06. The maximum atomic E-state index is 6.12. The molecule has 2 unspecified atom stereocenters. The number of likely N-dealkylation sites (N-methyl/N-ethyl adjacent to an activating group) is 1. The van der Waals surface area contributed by atoms with Crippen molar-refractivity contribution in [3.8, 4) is 0 Å². The van der Waals surface area contributed by atoms with Crippen LogP contribution in [0.5, 0.6) is 0 Å². The first kappa shape index (κ1) is 15.8. The third-order valence-electron chi connectivity index (χ3n) is 4.61. The second-order valence-corrected chi connectivity index (χ2v) is 6.30. The molecule has 2 atom stereocenters. The molecule has 2 N–H and O–H groups in total. The van der Waals surface area contributed by atoms with Crippen LogP contribution in [0.4, 0.5) is 0 Å². The Morgan fingerprint density at radius 3 is 2.95 bits per heavy atom. The van der Waals surface area contributed by atoms with E-state index in [9.17, 15) is 0 Å². The monoisotopic (exact) mass is 296 g/mol. The number of ether oxygens (including phenoxy) is 1. The number of hydrogen-bond acceptors (Lipinski definition) is 3. The van der Waals surface area contributed by atoms with Crippen molar-refractivity contribution in [1.82, 2.24) is 4.90 Å². The summed E-state index contributed by atoms with van der Waals surface area (Å²) in [5.41, 5.74) is 7.39. The summed E-state index contributed by atoms with van der Waals surface area (Å²) in [6.45, 7) is 1.54. The molecule has 112 valence electrons. The highest BCUT2D eigenvalue weighted by Gasteiger charge is 2.38. The van der Waals surface area contributed by atoms with Crippen LogP contribution in [0.15, 0.2) is 24.3 Å². The molecule has 1 fully saturated rings. The third-order valence-corrected chi connectivity index (χ3v) is 4.84.